The van der Waals surface area contributed by atoms with E-state index < -0.39 is 0 Å². The lowest BCUT2D eigenvalue weighted by atomic mass is 10.2. The van der Waals surface area contributed by atoms with Crippen LogP contribution in [0.3, 0.4) is 0 Å². The third-order valence-corrected chi connectivity index (χ3v) is 2.48. The molecule has 0 unspecified atom stereocenters. The summed E-state index contributed by atoms with van der Waals surface area (Å²) in [7, 11) is 0. The van der Waals surface area contributed by atoms with Crippen molar-refractivity contribution in [3.63, 3.8) is 0 Å². The van der Waals surface area contributed by atoms with Crippen molar-refractivity contribution in [1.82, 2.24) is 9.97 Å². The molecule has 1 aromatic carbocycles. The first-order valence-corrected chi connectivity index (χ1v) is 5.64. The maximum absolute atomic E-state index is 5.86. The first kappa shape index (κ1) is 11.5. The van der Waals surface area contributed by atoms with Gasteiger partial charge in [-0.1, -0.05) is 13.0 Å². The number of nitrogen functional groups attached to an aromatic ring is 1. The van der Waals surface area contributed by atoms with Crippen LogP contribution in [0.25, 0.3) is 11.0 Å². The van der Waals surface area contributed by atoms with Crippen molar-refractivity contribution in [3.8, 4) is 0 Å². The summed E-state index contributed by atoms with van der Waals surface area (Å²) in [5.41, 5.74) is 14.1. The number of para-hydroxylation sites is 1. The molecule has 17 heavy (non-hydrogen) atoms. The Hall–Kier alpha value is -1.95. The van der Waals surface area contributed by atoms with Crippen LogP contribution in [0, 0.1) is 0 Å². The molecule has 2 rings (SSSR count). The molecule has 1 aromatic heterocycles. The normalized spacial score (nSPS) is 10.4. The van der Waals surface area contributed by atoms with Gasteiger partial charge in [-0.3, -0.25) is 0 Å². The maximum atomic E-state index is 5.86. The van der Waals surface area contributed by atoms with Gasteiger partial charge in [0.1, 0.15) is 5.52 Å². The Labute approximate surface area is 104 Å². The number of anilines is 2. The second kappa shape index (κ2) is 4.50. The molecule has 0 atom stereocenters. The number of aryl methyl sites for hydroxylation is 1. The van der Waals surface area contributed by atoms with E-state index in [2.05, 4.69) is 15.3 Å². The molecule has 0 aliphatic rings. The van der Waals surface area contributed by atoms with Crippen LogP contribution in [0.5, 0.6) is 0 Å². The van der Waals surface area contributed by atoms with Crippen molar-refractivity contribution in [1.29, 1.82) is 0 Å². The number of nitrogens with zero attached hydrogens (tertiary/aromatic N) is 2. The van der Waals surface area contributed by atoms with Gasteiger partial charge in [-0.05, 0) is 30.8 Å². The summed E-state index contributed by atoms with van der Waals surface area (Å²) in [4.78, 5) is 8.91. The van der Waals surface area contributed by atoms with Crippen LogP contribution in [0.15, 0.2) is 18.2 Å². The molecule has 0 bridgehead atoms. The van der Waals surface area contributed by atoms with Gasteiger partial charge in [0.05, 0.1) is 16.9 Å². The Bertz CT molecular complexity index is 581. The molecule has 5 N–H and O–H groups in total. The lowest BCUT2D eigenvalue weighted by molar-refractivity contribution is 1.04. The van der Waals surface area contributed by atoms with E-state index in [4.69, 9.17) is 23.7 Å². The van der Waals surface area contributed by atoms with Gasteiger partial charge in [0.2, 0.25) is 0 Å². The minimum Gasteiger partial charge on any atom is -0.397 e. The number of benzene rings is 1. The van der Waals surface area contributed by atoms with Crippen LogP contribution in [0.4, 0.5) is 11.5 Å². The van der Waals surface area contributed by atoms with Gasteiger partial charge in [-0.15, -0.1) is 0 Å². The molecule has 6 heteroatoms. The Morgan fingerprint density at radius 1 is 1.41 bits per heavy atom. The van der Waals surface area contributed by atoms with Crippen molar-refractivity contribution in [3.05, 3.63) is 23.9 Å². The summed E-state index contributed by atoms with van der Waals surface area (Å²) in [6.07, 6.45) is 0.724. The average Bonchev–Trinajstić information content (AvgIpc) is 2.28. The number of aromatic nitrogens is 2. The largest absolute Gasteiger partial charge is 0.397 e. The second-order valence-electron chi connectivity index (χ2n) is 3.58. The molecule has 0 spiro atoms. The number of nitrogens with one attached hydrogen (secondary N) is 1. The van der Waals surface area contributed by atoms with Crippen molar-refractivity contribution >= 4 is 39.9 Å². The molecular formula is C11H13N5S. The van der Waals surface area contributed by atoms with Crippen LogP contribution in [0.1, 0.15) is 12.6 Å². The fourth-order valence-electron chi connectivity index (χ4n) is 1.60. The zero-order chi connectivity index (χ0) is 12.4. The Kier molecular flexibility index (Phi) is 3.06. The molecule has 0 aliphatic heterocycles. The number of nitrogens with two attached hydrogens (primary N) is 2. The average molecular weight is 247 g/mol. The highest BCUT2D eigenvalue weighted by Gasteiger charge is 2.09. The first-order valence-electron chi connectivity index (χ1n) is 5.23. The molecule has 0 radical (unpaired) electrons. The molecule has 0 saturated heterocycles. The van der Waals surface area contributed by atoms with Crippen molar-refractivity contribution in [2.45, 2.75) is 13.3 Å². The second-order valence-corrected chi connectivity index (χ2v) is 4.02. The van der Waals surface area contributed by atoms with Gasteiger partial charge in [0.25, 0.3) is 0 Å². The number of hydrogen-bond donors (Lipinski definition) is 3. The molecule has 0 amide bonds. The first-order chi connectivity index (χ1) is 8.11. The predicted molar refractivity (Wildman–Crippen MR) is 73.7 cm³/mol. The smallest absolute Gasteiger partial charge is 0.169 e. The highest BCUT2D eigenvalue weighted by Crippen LogP contribution is 2.21. The summed E-state index contributed by atoms with van der Waals surface area (Å²) >= 11 is 4.81. The Morgan fingerprint density at radius 3 is 2.82 bits per heavy atom. The Morgan fingerprint density at radius 2 is 2.18 bits per heavy atom. The summed E-state index contributed by atoms with van der Waals surface area (Å²) in [5, 5.41) is 3.01. The molecule has 0 fully saturated rings. The standard InChI is InChI=1S/C11H13N5S/c1-2-7-10(16-11(13)17)15-8-5-3-4-6(12)9(8)14-7/h3-5H,2,12H2,1H3,(H3,13,15,16,17). The molecule has 0 saturated carbocycles. The van der Waals surface area contributed by atoms with Crippen LogP contribution in [0.2, 0.25) is 0 Å². The molecule has 0 aliphatic carbocycles. The summed E-state index contributed by atoms with van der Waals surface area (Å²) in [6, 6.07) is 5.49. The molecular weight excluding hydrogens is 234 g/mol. The summed E-state index contributed by atoms with van der Waals surface area (Å²) in [5.74, 6) is 0.595. The molecule has 88 valence electrons. The predicted octanol–water partition coefficient (Wildman–Crippen LogP) is 1.43. The van der Waals surface area contributed by atoms with Gasteiger partial charge in [0, 0.05) is 0 Å². The van der Waals surface area contributed by atoms with Crippen molar-refractivity contribution < 1.29 is 0 Å². The third kappa shape index (κ3) is 2.26. The summed E-state index contributed by atoms with van der Waals surface area (Å²) < 4.78 is 0. The van der Waals surface area contributed by atoms with Crippen LogP contribution >= 0.6 is 12.2 Å². The number of hydrogen-bond acceptors (Lipinski definition) is 4. The maximum Gasteiger partial charge on any atom is 0.169 e. The van der Waals surface area contributed by atoms with Crippen molar-refractivity contribution in [2.24, 2.45) is 5.73 Å². The van der Waals surface area contributed by atoms with E-state index in [9.17, 15) is 0 Å². The molecule has 1 heterocycles. The van der Waals surface area contributed by atoms with Crippen LogP contribution in [-0.2, 0) is 6.42 Å². The molecule has 2 aromatic rings. The van der Waals surface area contributed by atoms with E-state index in [1.54, 1.807) is 6.07 Å². The summed E-state index contributed by atoms with van der Waals surface area (Å²) in [6.45, 7) is 1.99. The van der Waals surface area contributed by atoms with Gasteiger partial charge in [-0.25, -0.2) is 9.97 Å². The SMILES string of the molecule is CCc1nc2c(N)cccc2nc1NC(N)=S. The van der Waals surface area contributed by atoms with E-state index in [1.807, 2.05) is 19.1 Å². The Balaban J connectivity index is 2.64. The number of rotatable bonds is 2. The fraction of sp³-hybridized carbons (Fsp3) is 0.182. The number of thiocarbonyl (C=S) groups is 1. The van der Waals surface area contributed by atoms with E-state index in [1.165, 1.54) is 0 Å². The van der Waals surface area contributed by atoms with E-state index >= 15 is 0 Å². The van der Waals surface area contributed by atoms with Gasteiger partial charge in [0.15, 0.2) is 10.9 Å². The van der Waals surface area contributed by atoms with Crippen LogP contribution < -0.4 is 16.8 Å². The highest BCUT2D eigenvalue weighted by atomic mass is 32.1. The number of fused-ring (bicyclic) bond motifs is 1. The monoisotopic (exact) mass is 247 g/mol. The zero-order valence-corrected chi connectivity index (χ0v) is 10.2. The minimum absolute atomic E-state index is 0.178. The lowest BCUT2D eigenvalue weighted by Gasteiger charge is -2.10. The van der Waals surface area contributed by atoms with E-state index in [-0.39, 0.29) is 5.11 Å². The van der Waals surface area contributed by atoms with E-state index in [0.29, 0.717) is 17.0 Å². The van der Waals surface area contributed by atoms with Crippen molar-refractivity contribution in [2.75, 3.05) is 11.1 Å². The zero-order valence-electron chi connectivity index (χ0n) is 9.40. The van der Waals surface area contributed by atoms with Gasteiger partial charge < -0.3 is 16.8 Å². The van der Waals surface area contributed by atoms with Gasteiger partial charge >= 0.3 is 0 Å². The minimum atomic E-state index is 0.178. The quantitative estimate of drug-likeness (QED) is 0.549. The van der Waals surface area contributed by atoms with Crippen LogP contribution in [-0.4, -0.2) is 15.1 Å². The lowest BCUT2D eigenvalue weighted by Crippen LogP contribution is -2.21. The molecule has 5 nitrogen and oxygen atoms in total. The highest BCUT2D eigenvalue weighted by molar-refractivity contribution is 7.80. The third-order valence-electron chi connectivity index (χ3n) is 2.37. The van der Waals surface area contributed by atoms with Gasteiger partial charge in [-0.2, -0.15) is 0 Å². The van der Waals surface area contributed by atoms with E-state index in [0.717, 1.165) is 17.6 Å². The fourth-order valence-corrected chi connectivity index (χ4v) is 1.69. The topological polar surface area (TPSA) is 89.8 Å².